The average Bonchev–Trinajstić information content (AvgIpc) is 2.47. The van der Waals surface area contributed by atoms with Crippen molar-refractivity contribution in [2.45, 2.75) is 30.3 Å². The van der Waals surface area contributed by atoms with Crippen LogP contribution in [0.4, 0.5) is 11.4 Å². The molecule has 1 aromatic carbocycles. The molecule has 1 fully saturated rings. The SMILES string of the molecule is CNS(=O)(=O)c1cc(N)ccc1N1CCCC(C)(OC)C1. The summed E-state index contributed by atoms with van der Waals surface area (Å²) in [7, 11) is -0.464. The quantitative estimate of drug-likeness (QED) is 0.816. The van der Waals surface area contributed by atoms with Crippen molar-refractivity contribution in [2.24, 2.45) is 0 Å². The first kappa shape index (κ1) is 16.1. The van der Waals surface area contributed by atoms with Crippen molar-refractivity contribution < 1.29 is 13.2 Å². The molecule has 1 atom stereocenters. The summed E-state index contributed by atoms with van der Waals surface area (Å²) in [6.07, 6.45) is 1.91. The van der Waals surface area contributed by atoms with Gasteiger partial charge in [-0.2, -0.15) is 0 Å². The summed E-state index contributed by atoms with van der Waals surface area (Å²) in [5.74, 6) is 0. The number of benzene rings is 1. The molecule has 1 aliphatic rings. The molecule has 7 heteroatoms. The van der Waals surface area contributed by atoms with Crippen LogP contribution < -0.4 is 15.4 Å². The average molecular weight is 313 g/mol. The summed E-state index contributed by atoms with van der Waals surface area (Å²) in [5, 5.41) is 0. The lowest BCUT2D eigenvalue weighted by Crippen LogP contribution is -2.48. The van der Waals surface area contributed by atoms with Gasteiger partial charge in [0.1, 0.15) is 4.90 Å². The third-order valence-electron chi connectivity index (χ3n) is 4.03. The first-order valence-corrected chi connectivity index (χ1v) is 8.43. The molecule has 1 heterocycles. The van der Waals surface area contributed by atoms with Gasteiger partial charge in [-0.1, -0.05) is 0 Å². The van der Waals surface area contributed by atoms with Crippen LogP contribution in [0.1, 0.15) is 19.8 Å². The van der Waals surface area contributed by atoms with Gasteiger partial charge in [-0.25, -0.2) is 13.1 Å². The highest BCUT2D eigenvalue weighted by molar-refractivity contribution is 7.89. The predicted octanol–water partition coefficient (Wildman–Crippen LogP) is 1.18. The molecule has 0 aliphatic carbocycles. The molecular weight excluding hydrogens is 290 g/mol. The summed E-state index contributed by atoms with van der Waals surface area (Å²) in [4.78, 5) is 2.27. The van der Waals surface area contributed by atoms with Crippen molar-refractivity contribution in [1.29, 1.82) is 0 Å². The third kappa shape index (κ3) is 3.30. The molecule has 0 radical (unpaired) electrons. The Labute approximate surface area is 126 Å². The van der Waals surface area contributed by atoms with E-state index in [1.807, 2.05) is 6.92 Å². The summed E-state index contributed by atoms with van der Waals surface area (Å²) >= 11 is 0. The molecule has 1 unspecified atom stereocenters. The molecule has 21 heavy (non-hydrogen) atoms. The van der Waals surface area contributed by atoms with Crippen LogP contribution in [-0.4, -0.2) is 41.3 Å². The standard InChI is InChI=1S/C14H23N3O3S/c1-14(20-3)7-4-8-17(10-14)12-6-5-11(15)9-13(12)21(18,19)16-2/h5-6,9,16H,4,7-8,10,15H2,1-3H3. The molecule has 0 aromatic heterocycles. The number of sulfonamides is 1. The lowest BCUT2D eigenvalue weighted by molar-refractivity contribution is -0.00475. The highest BCUT2D eigenvalue weighted by Gasteiger charge is 2.33. The van der Waals surface area contributed by atoms with Gasteiger partial charge in [0.25, 0.3) is 0 Å². The summed E-state index contributed by atoms with van der Waals surface area (Å²) in [6, 6.07) is 4.99. The van der Waals surface area contributed by atoms with E-state index in [-0.39, 0.29) is 10.5 Å². The molecular formula is C14H23N3O3S. The molecule has 3 N–H and O–H groups in total. The van der Waals surface area contributed by atoms with Gasteiger partial charge in [0, 0.05) is 25.9 Å². The van der Waals surface area contributed by atoms with E-state index in [2.05, 4.69) is 9.62 Å². The van der Waals surface area contributed by atoms with Crippen molar-refractivity contribution in [3.63, 3.8) is 0 Å². The predicted molar refractivity (Wildman–Crippen MR) is 84.0 cm³/mol. The number of nitrogen functional groups attached to an aromatic ring is 1. The van der Waals surface area contributed by atoms with Crippen LogP contribution in [0.25, 0.3) is 0 Å². The molecule has 2 rings (SSSR count). The Bertz CT molecular complexity index is 618. The summed E-state index contributed by atoms with van der Waals surface area (Å²) < 4.78 is 32.4. The van der Waals surface area contributed by atoms with Crippen LogP contribution in [0, 0.1) is 0 Å². The minimum atomic E-state index is -3.56. The van der Waals surface area contributed by atoms with E-state index in [1.165, 1.54) is 13.1 Å². The normalized spacial score (nSPS) is 23.3. The molecule has 1 aromatic rings. The maximum Gasteiger partial charge on any atom is 0.242 e. The van der Waals surface area contributed by atoms with Crippen LogP contribution in [0.3, 0.4) is 0 Å². The minimum absolute atomic E-state index is 0.213. The van der Waals surface area contributed by atoms with Gasteiger partial charge in [-0.15, -0.1) is 0 Å². The first-order chi connectivity index (χ1) is 9.81. The number of hydrogen-bond donors (Lipinski definition) is 2. The van der Waals surface area contributed by atoms with E-state index in [1.54, 1.807) is 19.2 Å². The van der Waals surface area contributed by atoms with E-state index in [4.69, 9.17) is 10.5 Å². The Morgan fingerprint density at radius 1 is 1.43 bits per heavy atom. The molecule has 0 saturated carbocycles. The fourth-order valence-corrected chi connectivity index (χ4v) is 3.68. The van der Waals surface area contributed by atoms with Crippen LogP contribution in [0.15, 0.2) is 23.1 Å². The number of nitrogens with one attached hydrogen (secondary N) is 1. The number of nitrogens with zero attached hydrogens (tertiary/aromatic N) is 1. The minimum Gasteiger partial charge on any atom is -0.399 e. The molecule has 118 valence electrons. The first-order valence-electron chi connectivity index (χ1n) is 6.94. The van der Waals surface area contributed by atoms with Crippen molar-refractivity contribution >= 4 is 21.4 Å². The Morgan fingerprint density at radius 2 is 2.14 bits per heavy atom. The van der Waals surface area contributed by atoms with Gasteiger partial charge < -0.3 is 15.4 Å². The van der Waals surface area contributed by atoms with Crippen LogP contribution in [0.2, 0.25) is 0 Å². The van der Waals surface area contributed by atoms with Gasteiger partial charge >= 0.3 is 0 Å². The zero-order chi connectivity index (χ0) is 15.7. The fourth-order valence-electron chi connectivity index (χ4n) is 2.70. The topological polar surface area (TPSA) is 84.7 Å². The number of ether oxygens (including phenoxy) is 1. The summed E-state index contributed by atoms with van der Waals surface area (Å²) in [5.41, 5.74) is 6.59. The second kappa shape index (κ2) is 5.82. The zero-order valence-electron chi connectivity index (χ0n) is 12.7. The van der Waals surface area contributed by atoms with E-state index < -0.39 is 10.0 Å². The number of hydrogen-bond acceptors (Lipinski definition) is 5. The molecule has 0 bridgehead atoms. The van der Waals surface area contributed by atoms with E-state index >= 15 is 0 Å². The molecule has 6 nitrogen and oxygen atoms in total. The van der Waals surface area contributed by atoms with Gasteiger partial charge in [0.15, 0.2) is 0 Å². The van der Waals surface area contributed by atoms with Crippen LogP contribution in [-0.2, 0) is 14.8 Å². The Balaban J connectivity index is 2.45. The maximum atomic E-state index is 12.2. The highest BCUT2D eigenvalue weighted by atomic mass is 32.2. The lowest BCUT2D eigenvalue weighted by atomic mass is 9.94. The smallest absolute Gasteiger partial charge is 0.242 e. The Hall–Kier alpha value is -1.31. The number of anilines is 2. The van der Waals surface area contributed by atoms with Crippen LogP contribution >= 0.6 is 0 Å². The van der Waals surface area contributed by atoms with Gasteiger partial charge in [0.2, 0.25) is 10.0 Å². The van der Waals surface area contributed by atoms with E-state index in [9.17, 15) is 8.42 Å². The highest BCUT2D eigenvalue weighted by Crippen LogP contribution is 2.33. The molecule has 0 spiro atoms. The van der Waals surface area contributed by atoms with Gasteiger partial charge in [-0.3, -0.25) is 0 Å². The molecule has 1 aliphatic heterocycles. The van der Waals surface area contributed by atoms with Crippen molar-refractivity contribution in [3.05, 3.63) is 18.2 Å². The number of methoxy groups -OCH3 is 1. The molecule has 1 saturated heterocycles. The van der Waals surface area contributed by atoms with Gasteiger partial charge in [-0.05, 0) is 45.0 Å². The summed E-state index contributed by atoms with van der Waals surface area (Å²) in [6.45, 7) is 3.50. The van der Waals surface area contributed by atoms with Crippen molar-refractivity contribution in [1.82, 2.24) is 4.72 Å². The maximum absolute atomic E-state index is 12.2. The number of piperidine rings is 1. The second-order valence-electron chi connectivity index (χ2n) is 5.61. The fraction of sp³-hybridized carbons (Fsp3) is 0.571. The van der Waals surface area contributed by atoms with Crippen LogP contribution in [0.5, 0.6) is 0 Å². The van der Waals surface area contributed by atoms with Gasteiger partial charge in [0.05, 0.1) is 11.3 Å². The molecule has 0 amide bonds. The Kier molecular flexibility index (Phi) is 4.46. The van der Waals surface area contributed by atoms with E-state index in [0.717, 1.165) is 19.4 Å². The number of rotatable bonds is 4. The van der Waals surface area contributed by atoms with Crippen molar-refractivity contribution in [2.75, 3.05) is 37.9 Å². The largest absolute Gasteiger partial charge is 0.399 e. The lowest BCUT2D eigenvalue weighted by Gasteiger charge is -2.41. The van der Waals surface area contributed by atoms with Crippen molar-refractivity contribution in [3.8, 4) is 0 Å². The van der Waals surface area contributed by atoms with E-state index in [0.29, 0.717) is 17.9 Å². The second-order valence-corrected chi connectivity index (χ2v) is 7.47. The third-order valence-corrected chi connectivity index (χ3v) is 5.48. The number of nitrogens with two attached hydrogens (primary N) is 1. The zero-order valence-corrected chi connectivity index (χ0v) is 13.5. The Morgan fingerprint density at radius 3 is 2.76 bits per heavy atom. The monoisotopic (exact) mass is 313 g/mol.